The zero-order chi connectivity index (χ0) is 13.1. The van der Waals surface area contributed by atoms with Crippen molar-refractivity contribution >= 4 is 11.8 Å². The SMILES string of the molecule is CCCNCCCCCOc1ccccc1SC. The van der Waals surface area contributed by atoms with Crippen LogP contribution in [-0.2, 0) is 0 Å². The van der Waals surface area contributed by atoms with Gasteiger partial charge in [-0.25, -0.2) is 0 Å². The minimum atomic E-state index is 0.825. The fourth-order valence-electron chi connectivity index (χ4n) is 1.75. The van der Waals surface area contributed by atoms with E-state index in [9.17, 15) is 0 Å². The van der Waals surface area contributed by atoms with Crippen LogP contribution in [0.15, 0.2) is 29.2 Å². The van der Waals surface area contributed by atoms with Crippen LogP contribution in [0.3, 0.4) is 0 Å². The highest BCUT2D eigenvalue weighted by Crippen LogP contribution is 2.26. The molecule has 102 valence electrons. The zero-order valence-corrected chi connectivity index (χ0v) is 12.4. The third-order valence-electron chi connectivity index (χ3n) is 2.75. The molecule has 0 aliphatic rings. The van der Waals surface area contributed by atoms with Gasteiger partial charge in [-0.05, 0) is 57.2 Å². The molecule has 0 aliphatic carbocycles. The van der Waals surface area contributed by atoms with E-state index < -0.39 is 0 Å². The lowest BCUT2D eigenvalue weighted by atomic mass is 10.2. The maximum atomic E-state index is 5.81. The average Bonchev–Trinajstić information content (AvgIpc) is 2.42. The fraction of sp³-hybridized carbons (Fsp3) is 0.600. The number of benzene rings is 1. The van der Waals surface area contributed by atoms with Crippen molar-refractivity contribution in [3.8, 4) is 5.75 Å². The first-order valence-corrected chi connectivity index (χ1v) is 8.07. The monoisotopic (exact) mass is 267 g/mol. The van der Waals surface area contributed by atoms with Crippen LogP contribution in [-0.4, -0.2) is 26.0 Å². The minimum absolute atomic E-state index is 0.825. The van der Waals surface area contributed by atoms with E-state index in [1.165, 1.54) is 24.2 Å². The Morgan fingerprint density at radius 3 is 2.72 bits per heavy atom. The van der Waals surface area contributed by atoms with Crippen LogP contribution in [0.1, 0.15) is 32.6 Å². The van der Waals surface area contributed by atoms with Gasteiger partial charge >= 0.3 is 0 Å². The minimum Gasteiger partial charge on any atom is -0.492 e. The van der Waals surface area contributed by atoms with Gasteiger partial charge < -0.3 is 10.1 Å². The highest BCUT2D eigenvalue weighted by molar-refractivity contribution is 7.98. The van der Waals surface area contributed by atoms with Gasteiger partial charge in [-0.2, -0.15) is 0 Å². The molecule has 0 aliphatic heterocycles. The number of para-hydroxylation sites is 1. The number of hydrogen-bond donors (Lipinski definition) is 1. The van der Waals surface area contributed by atoms with Gasteiger partial charge in [-0.15, -0.1) is 11.8 Å². The van der Waals surface area contributed by atoms with Gasteiger partial charge in [0.25, 0.3) is 0 Å². The Bertz CT molecular complexity index is 317. The molecule has 3 heteroatoms. The summed E-state index contributed by atoms with van der Waals surface area (Å²) in [6, 6.07) is 8.24. The Kier molecular flexibility index (Phi) is 8.78. The molecule has 0 unspecified atom stereocenters. The lowest BCUT2D eigenvalue weighted by Crippen LogP contribution is -2.15. The van der Waals surface area contributed by atoms with Crippen LogP contribution < -0.4 is 10.1 Å². The fourth-order valence-corrected chi connectivity index (χ4v) is 2.29. The van der Waals surface area contributed by atoms with Crippen LogP contribution in [0.5, 0.6) is 5.75 Å². The van der Waals surface area contributed by atoms with Crippen LogP contribution in [0.2, 0.25) is 0 Å². The van der Waals surface area contributed by atoms with E-state index in [-0.39, 0.29) is 0 Å². The standard InChI is InChI=1S/C15H25NOS/c1-3-11-16-12-7-4-8-13-17-14-9-5-6-10-15(14)18-2/h5-6,9-10,16H,3-4,7-8,11-13H2,1-2H3. The summed E-state index contributed by atoms with van der Waals surface area (Å²) in [6.07, 6.45) is 6.92. The molecule has 0 radical (unpaired) electrons. The Labute approximate surface area is 116 Å². The van der Waals surface area contributed by atoms with E-state index in [4.69, 9.17) is 4.74 Å². The Morgan fingerprint density at radius 2 is 1.94 bits per heavy atom. The van der Waals surface area contributed by atoms with E-state index in [0.717, 1.165) is 31.9 Å². The topological polar surface area (TPSA) is 21.3 Å². The molecular formula is C15H25NOS. The second-order valence-corrected chi connectivity index (χ2v) is 5.16. The number of hydrogen-bond acceptors (Lipinski definition) is 3. The molecular weight excluding hydrogens is 242 g/mol. The van der Waals surface area contributed by atoms with Gasteiger partial charge in [-0.3, -0.25) is 0 Å². The van der Waals surface area contributed by atoms with Gasteiger partial charge in [0.15, 0.2) is 0 Å². The van der Waals surface area contributed by atoms with E-state index in [0.29, 0.717) is 0 Å². The molecule has 2 nitrogen and oxygen atoms in total. The average molecular weight is 267 g/mol. The second kappa shape index (κ2) is 10.3. The second-order valence-electron chi connectivity index (χ2n) is 4.31. The van der Waals surface area contributed by atoms with Crippen LogP contribution in [0.25, 0.3) is 0 Å². The predicted octanol–water partition coefficient (Wildman–Crippen LogP) is 3.96. The molecule has 18 heavy (non-hydrogen) atoms. The van der Waals surface area contributed by atoms with Crippen LogP contribution in [0.4, 0.5) is 0 Å². The van der Waals surface area contributed by atoms with Gasteiger partial charge in [0.2, 0.25) is 0 Å². The lowest BCUT2D eigenvalue weighted by molar-refractivity contribution is 0.298. The largest absolute Gasteiger partial charge is 0.492 e. The molecule has 0 fully saturated rings. The highest BCUT2D eigenvalue weighted by atomic mass is 32.2. The first-order chi connectivity index (χ1) is 8.88. The molecule has 0 amide bonds. The van der Waals surface area contributed by atoms with Crippen molar-refractivity contribution in [2.45, 2.75) is 37.5 Å². The first-order valence-electron chi connectivity index (χ1n) is 6.85. The highest BCUT2D eigenvalue weighted by Gasteiger charge is 2.00. The van der Waals surface area contributed by atoms with Crippen molar-refractivity contribution in [1.82, 2.24) is 5.32 Å². The summed E-state index contributed by atoms with van der Waals surface area (Å²) in [4.78, 5) is 1.22. The predicted molar refractivity (Wildman–Crippen MR) is 80.7 cm³/mol. The summed E-state index contributed by atoms with van der Waals surface area (Å²) in [5.74, 6) is 1.02. The van der Waals surface area contributed by atoms with Crippen LogP contribution >= 0.6 is 11.8 Å². The number of ether oxygens (including phenoxy) is 1. The van der Waals surface area contributed by atoms with Crippen molar-refractivity contribution in [1.29, 1.82) is 0 Å². The zero-order valence-electron chi connectivity index (χ0n) is 11.6. The van der Waals surface area contributed by atoms with Crippen molar-refractivity contribution in [3.05, 3.63) is 24.3 Å². The lowest BCUT2D eigenvalue weighted by Gasteiger charge is -2.09. The molecule has 1 N–H and O–H groups in total. The first kappa shape index (κ1) is 15.4. The molecule has 0 aromatic heterocycles. The van der Waals surface area contributed by atoms with E-state index in [1.807, 2.05) is 6.07 Å². The van der Waals surface area contributed by atoms with Gasteiger partial charge in [-0.1, -0.05) is 19.1 Å². The Balaban J connectivity index is 2.07. The van der Waals surface area contributed by atoms with Crippen molar-refractivity contribution in [3.63, 3.8) is 0 Å². The maximum absolute atomic E-state index is 5.81. The number of thioether (sulfide) groups is 1. The van der Waals surface area contributed by atoms with E-state index in [1.54, 1.807) is 11.8 Å². The maximum Gasteiger partial charge on any atom is 0.132 e. The van der Waals surface area contributed by atoms with Gasteiger partial charge in [0.05, 0.1) is 6.61 Å². The van der Waals surface area contributed by atoms with Crippen molar-refractivity contribution in [2.75, 3.05) is 26.0 Å². The molecule has 0 heterocycles. The summed E-state index contributed by atoms with van der Waals surface area (Å²) in [5.41, 5.74) is 0. The van der Waals surface area contributed by atoms with Gasteiger partial charge in [0.1, 0.15) is 5.75 Å². The molecule has 0 spiro atoms. The van der Waals surface area contributed by atoms with E-state index >= 15 is 0 Å². The molecule has 0 atom stereocenters. The Morgan fingerprint density at radius 1 is 1.11 bits per heavy atom. The third-order valence-corrected chi connectivity index (χ3v) is 3.53. The number of unbranched alkanes of at least 4 members (excludes halogenated alkanes) is 2. The quantitative estimate of drug-likeness (QED) is 0.512. The summed E-state index contributed by atoms with van der Waals surface area (Å²) < 4.78 is 5.81. The molecule has 1 aromatic carbocycles. The third kappa shape index (κ3) is 6.31. The van der Waals surface area contributed by atoms with E-state index in [2.05, 4.69) is 36.7 Å². The molecule has 0 bridgehead atoms. The summed E-state index contributed by atoms with van der Waals surface area (Å²) in [6.45, 7) is 5.29. The number of rotatable bonds is 10. The van der Waals surface area contributed by atoms with Crippen molar-refractivity contribution < 1.29 is 4.74 Å². The Hall–Kier alpha value is -0.670. The molecule has 1 aromatic rings. The van der Waals surface area contributed by atoms with Crippen molar-refractivity contribution in [2.24, 2.45) is 0 Å². The van der Waals surface area contributed by atoms with Crippen LogP contribution in [0, 0.1) is 0 Å². The summed E-state index contributed by atoms with van der Waals surface area (Å²) in [7, 11) is 0. The van der Waals surface area contributed by atoms with Gasteiger partial charge in [0, 0.05) is 4.90 Å². The summed E-state index contributed by atoms with van der Waals surface area (Å²) in [5, 5.41) is 3.42. The smallest absolute Gasteiger partial charge is 0.132 e. The molecule has 0 saturated carbocycles. The molecule has 1 rings (SSSR count). The normalized spacial score (nSPS) is 10.6. The number of nitrogens with one attached hydrogen (secondary N) is 1. The summed E-state index contributed by atoms with van der Waals surface area (Å²) >= 11 is 1.74. The molecule has 0 saturated heterocycles.